The summed E-state index contributed by atoms with van der Waals surface area (Å²) in [7, 11) is 2.22. The molecule has 0 saturated carbocycles. The van der Waals surface area contributed by atoms with Crippen LogP contribution in [0.4, 0.5) is 17.1 Å². The fourth-order valence-electron chi connectivity index (χ4n) is 5.18. The van der Waals surface area contributed by atoms with Crippen LogP contribution in [0.5, 0.6) is 0 Å². The number of nitrogens with zero attached hydrogens (tertiary/aromatic N) is 2. The maximum Gasteiger partial charge on any atom is 0.0950 e. The Labute approximate surface area is 181 Å². The van der Waals surface area contributed by atoms with Gasteiger partial charge in [0.25, 0.3) is 0 Å². The molecule has 1 aliphatic heterocycles. The largest absolute Gasteiger partial charge is 0.355 e. The Morgan fingerprint density at radius 1 is 0.667 bits per heavy atom. The lowest BCUT2D eigenvalue weighted by molar-refractivity contribution is 0.332. The minimum absolute atomic E-state index is 0.221. The molecule has 0 N–H and O–H groups in total. The number of fused-ring (bicyclic) bond motifs is 2. The van der Waals surface area contributed by atoms with Crippen LogP contribution in [0.2, 0.25) is 0 Å². The maximum atomic E-state index is 2.49. The topological polar surface area (TPSA) is 6.48 Å². The lowest BCUT2D eigenvalue weighted by Crippen LogP contribution is -2.34. The third kappa shape index (κ3) is 3.01. The second-order valence-electron chi connectivity index (χ2n) is 10.3. The van der Waals surface area contributed by atoms with Gasteiger partial charge in [-0.3, -0.25) is 0 Å². The van der Waals surface area contributed by atoms with Gasteiger partial charge in [-0.2, -0.15) is 0 Å². The van der Waals surface area contributed by atoms with Gasteiger partial charge in [-0.15, -0.1) is 0 Å². The van der Waals surface area contributed by atoms with Crippen LogP contribution >= 0.6 is 0 Å². The van der Waals surface area contributed by atoms with Crippen LogP contribution in [0.15, 0.2) is 66.7 Å². The molecule has 1 heterocycles. The summed E-state index contributed by atoms with van der Waals surface area (Å²) in [6.45, 7) is 10.5. The fraction of sp³-hybridized carbons (Fsp3) is 0.357. The van der Waals surface area contributed by atoms with E-state index in [9.17, 15) is 0 Å². The summed E-state index contributed by atoms with van der Waals surface area (Å²) in [6.07, 6.45) is 2.49. The minimum atomic E-state index is 0.221. The highest BCUT2D eigenvalue weighted by atomic mass is 15.4. The van der Waals surface area contributed by atoms with Crippen LogP contribution in [0.3, 0.4) is 0 Å². The molecule has 0 fully saturated rings. The van der Waals surface area contributed by atoms with E-state index >= 15 is 0 Å². The van der Waals surface area contributed by atoms with E-state index in [1.807, 2.05) is 0 Å². The standard InChI is InChI=1S/C28H32N2/c1-27(2)14-15-28(3,4)24-18-26-25(17-23(24)27)29(5)19-30(26)22-13-9-12-21(16-22)20-10-7-6-8-11-20/h6-13,16-18H,14-15,19H2,1-5H3. The second-order valence-corrected chi connectivity index (χ2v) is 10.3. The van der Waals surface area contributed by atoms with Crippen LogP contribution in [-0.2, 0) is 10.8 Å². The van der Waals surface area contributed by atoms with Gasteiger partial charge in [0.15, 0.2) is 0 Å². The van der Waals surface area contributed by atoms with Gasteiger partial charge in [-0.05, 0) is 70.2 Å². The summed E-state index contributed by atoms with van der Waals surface area (Å²) < 4.78 is 0. The van der Waals surface area contributed by atoms with Crippen LogP contribution < -0.4 is 9.80 Å². The molecule has 0 atom stereocenters. The average molecular weight is 397 g/mol. The summed E-state index contributed by atoms with van der Waals surface area (Å²) >= 11 is 0. The molecule has 0 amide bonds. The van der Waals surface area contributed by atoms with Gasteiger partial charge < -0.3 is 9.80 Å². The van der Waals surface area contributed by atoms with Crippen molar-refractivity contribution in [1.29, 1.82) is 0 Å². The zero-order chi connectivity index (χ0) is 21.1. The SMILES string of the molecule is CN1CN(c2cccc(-c3ccccc3)c2)c2cc3c(cc21)C(C)(C)CCC3(C)C. The van der Waals surface area contributed by atoms with Crippen molar-refractivity contribution in [2.45, 2.75) is 51.4 Å². The maximum absolute atomic E-state index is 2.49. The third-order valence-electron chi connectivity index (χ3n) is 7.27. The molecule has 3 aromatic carbocycles. The molecule has 2 aliphatic rings. The van der Waals surface area contributed by atoms with E-state index < -0.39 is 0 Å². The van der Waals surface area contributed by atoms with E-state index in [0.29, 0.717) is 0 Å². The first-order chi connectivity index (χ1) is 14.3. The van der Waals surface area contributed by atoms with Gasteiger partial charge in [-0.25, -0.2) is 0 Å². The van der Waals surface area contributed by atoms with E-state index in [-0.39, 0.29) is 10.8 Å². The number of hydrogen-bond acceptors (Lipinski definition) is 2. The van der Waals surface area contributed by atoms with Crippen molar-refractivity contribution in [3.8, 4) is 11.1 Å². The zero-order valence-electron chi connectivity index (χ0n) is 18.9. The van der Waals surface area contributed by atoms with Crippen LogP contribution in [0.25, 0.3) is 11.1 Å². The molecule has 0 bridgehead atoms. The van der Waals surface area contributed by atoms with Crippen LogP contribution in [0.1, 0.15) is 51.7 Å². The molecule has 30 heavy (non-hydrogen) atoms. The fourth-order valence-corrected chi connectivity index (χ4v) is 5.18. The summed E-state index contributed by atoms with van der Waals surface area (Å²) in [5.41, 5.74) is 10.00. The van der Waals surface area contributed by atoms with Crippen molar-refractivity contribution in [2.24, 2.45) is 0 Å². The van der Waals surface area contributed by atoms with E-state index in [4.69, 9.17) is 0 Å². The first-order valence-corrected chi connectivity index (χ1v) is 11.1. The molecular weight excluding hydrogens is 364 g/mol. The number of hydrogen-bond donors (Lipinski definition) is 0. The minimum Gasteiger partial charge on any atom is -0.355 e. The monoisotopic (exact) mass is 396 g/mol. The Bertz CT molecular complexity index is 1090. The molecule has 0 radical (unpaired) electrons. The molecule has 0 unspecified atom stereocenters. The molecule has 3 aromatic rings. The smallest absolute Gasteiger partial charge is 0.0950 e. The lowest BCUT2D eigenvalue weighted by Gasteiger charge is -2.42. The summed E-state index contributed by atoms with van der Waals surface area (Å²) in [4.78, 5) is 4.86. The summed E-state index contributed by atoms with van der Waals surface area (Å²) in [5.74, 6) is 0. The van der Waals surface area contributed by atoms with Gasteiger partial charge in [0, 0.05) is 12.7 Å². The molecule has 2 heteroatoms. The van der Waals surface area contributed by atoms with Gasteiger partial charge in [0.05, 0.1) is 18.0 Å². The summed E-state index contributed by atoms with van der Waals surface area (Å²) in [6, 6.07) is 24.6. The van der Waals surface area contributed by atoms with Gasteiger partial charge in [0.2, 0.25) is 0 Å². The number of benzene rings is 3. The van der Waals surface area contributed by atoms with E-state index in [2.05, 4.69) is 111 Å². The molecule has 5 rings (SSSR count). The summed E-state index contributed by atoms with van der Waals surface area (Å²) in [5, 5.41) is 0. The Balaban J connectivity index is 1.62. The van der Waals surface area contributed by atoms with Crippen molar-refractivity contribution in [2.75, 3.05) is 23.5 Å². The van der Waals surface area contributed by atoms with Gasteiger partial charge >= 0.3 is 0 Å². The van der Waals surface area contributed by atoms with Crippen molar-refractivity contribution in [3.05, 3.63) is 77.9 Å². The third-order valence-corrected chi connectivity index (χ3v) is 7.27. The van der Waals surface area contributed by atoms with Crippen molar-refractivity contribution < 1.29 is 0 Å². The van der Waals surface area contributed by atoms with E-state index in [0.717, 1.165) is 6.67 Å². The first kappa shape index (κ1) is 19.2. The Hall–Kier alpha value is -2.74. The van der Waals surface area contributed by atoms with Crippen molar-refractivity contribution in [3.63, 3.8) is 0 Å². The van der Waals surface area contributed by atoms with Crippen LogP contribution in [-0.4, -0.2) is 13.7 Å². The highest BCUT2D eigenvalue weighted by Crippen LogP contribution is 2.51. The number of anilines is 3. The highest BCUT2D eigenvalue weighted by molar-refractivity contribution is 5.85. The van der Waals surface area contributed by atoms with Gasteiger partial charge in [0.1, 0.15) is 0 Å². The quantitative estimate of drug-likeness (QED) is 0.450. The lowest BCUT2D eigenvalue weighted by atomic mass is 9.63. The molecular formula is C28H32N2. The second kappa shape index (κ2) is 6.63. The first-order valence-electron chi connectivity index (χ1n) is 11.1. The van der Waals surface area contributed by atoms with E-state index in [1.165, 1.54) is 52.2 Å². The molecule has 0 aromatic heterocycles. The molecule has 0 spiro atoms. The highest BCUT2D eigenvalue weighted by Gasteiger charge is 2.39. The van der Waals surface area contributed by atoms with Crippen LogP contribution in [0, 0.1) is 0 Å². The van der Waals surface area contributed by atoms with Crippen molar-refractivity contribution in [1.82, 2.24) is 0 Å². The number of rotatable bonds is 2. The predicted molar refractivity (Wildman–Crippen MR) is 129 cm³/mol. The Morgan fingerprint density at radius 3 is 1.93 bits per heavy atom. The predicted octanol–water partition coefficient (Wildman–Crippen LogP) is 7.25. The zero-order valence-corrected chi connectivity index (χ0v) is 18.9. The van der Waals surface area contributed by atoms with Gasteiger partial charge in [-0.1, -0.05) is 70.2 Å². The molecule has 2 nitrogen and oxygen atoms in total. The normalized spacial score (nSPS) is 18.8. The molecule has 154 valence electrons. The van der Waals surface area contributed by atoms with Crippen molar-refractivity contribution >= 4 is 17.1 Å². The molecule has 0 saturated heterocycles. The Kier molecular flexibility index (Phi) is 4.25. The molecule has 1 aliphatic carbocycles. The van der Waals surface area contributed by atoms with E-state index in [1.54, 1.807) is 0 Å². The Morgan fingerprint density at radius 2 is 1.27 bits per heavy atom. The average Bonchev–Trinajstić information content (AvgIpc) is 3.08.